The summed E-state index contributed by atoms with van der Waals surface area (Å²) in [6.07, 6.45) is 6.58. The predicted molar refractivity (Wildman–Crippen MR) is 75.6 cm³/mol. The molecule has 2 N–H and O–H groups in total. The normalized spacial score (nSPS) is 35.8. The molecule has 0 aromatic heterocycles. The SMILES string of the molecule is CCCC1CCN(C2(CN)CCOCC2C)CC1. The van der Waals surface area contributed by atoms with Crippen LogP contribution >= 0.6 is 0 Å². The number of likely N-dealkylation sites (tertiary alicyclic amines) is 1. The Labute approximate surface area is 112 Å². The van der Waals surface area contributed by atoms with Crippen molar-refractivity contribution in [3.05, 3.63) is 0 Å². The van der Waals surface area contributed by atoms with Crippen molar-refractivity contribution in [2.45, 2.75) is 51.5 Å². The molecule has 0 aromatic rings. The molecule has 2 fully saturated rings. The zero-order chi connectivity index (χ0) is 13.0. The summed E-state index contributed by atoms with van der Waals surface area (Å²) in [5.74, 6) is 1.52. The summed E-state index contributed by atoms with van der Waals surface area (Å²) in [5.41, 5.74) is 6.37. The van der Waals surface area contributed by atoms with Crippen LogP contribution in [0.2, 0.25) is 0 Å². The van der Waals surface area contributed by atoms with Crippen LogP contribution in [0.1, 0.15) is 46.0 Å². The van der Waals surface area contributed by atoms with Crippen molar-refractivity contribution in [2.24, 2.45) is 17.6 Å². The van der Waals surface area contributed by atoms with Crippen molar-refractivity contribution >= 4 is 0 Å². The molecule has 2 atom stereocenters. The molecule has 18 heavy (non-hydrogen) atoms. The van der Waals surface area contributed by atoms with E-state index in [1.54, 1.807) is 0 Å². The first-order valence-corrected chi connectivity index (χ1v) is 7.75. The Balaban J connectivity index is 1.97. The van der Waals surface area contributed by atoms with Gasteiger partial charge in [0.2, 0.25) is 0 Å². The fraction of sp³-hybridized carbons (Fsp3) is 1.00. The van der Waals surface area contributed by atoms with Gasteiger partial charge in [0.1, 0.15) is 0 Å². The lowest BCUT2D eigenvalue weighted by Crippen LogP contribution is -2.63. The van der Waals surface area contributed by atoms with E-state index in [0.29, 0.717) is 5.92 Å². The fourth-order valence-corrected chi connectivity index (χ4v) is 3.89. The molecule has 106 valence electrons. The quantitative estimate of drug-likeness (QED) is 0.836. The van der Waals surface area contributed by atoms with Gasteiger partial charge in [0.15, 0.2) is 0 Å². The highest BCUT2D eigenvalue weighted by Gasteiger charge is 2.43. The fourth-order valence-electron chi connectivity index (χ4n) is 3.89. The van der Waals surface area contributed by atoms with Gasteiger partial charge in [-0.1, -0.05) is 26.7 Å². The van der Waals surface area contributed by atoms with E-state index in [-0.39, 0.29) is 5.54 Å². The molecule has 2 aliphatic rings. The predicted octanol–water partition coefficient (Wildman–Crippen LogP) is 2.25. The molecule has 0 amide bonds. The number of nitrogens with zero attached hydrogens (tertiary/aromatic N) is 1. The molecule has 0 bridgehead atoms. The summed E-state index contributed by atoms with van der Waals surface area (Å²) >= 11 is 0. The van der Waals surface area contributed by atoms with Crippen molar-refractivity contribution in [1.82, 2.24) is 4.90 Å². The van der Waals surface area contributed by atoms with Crippen LogP contribution in [0.5, 0.6) is 0 Å². The van der Waals surface area contributed by atoms with Gasteiger partial charge in [-0.3, -0.25) is 4.90 Å². The minimum absolute atomic E-state index is 0.218. The molecule has 3 nitrogen and oxygen atoms in total. The van der Waals surface area contributed by atoms with E-state index in [9.17, 15) is 0 Å². The summed E-state index contributed by atoms with van der Waals surface area (Å²) in [4.78, 5) is 2.69. The second-order valence-electron chi connectivity index (χ2n) is 6.25. The first-order valence-electron chi connectivity index (χ1n) is 7.75. The van der Waals surface area contributed by atoms with Crippen LogP contribution in [0.3, 0.4) is 0 Å². The van der Waals surface area contributed by atoms with Crippen molar-refractivity contribution in [3.63, 3.8) is 0 Å². The lowest BCUT2D eigenvalue weighted by molar-refractivity contribution is -0.0765. The second-order valence-corrected chi connectivity index (χ2v) is 6.25. The van der Waals surface area contributed by atoms with E-state index >= 15 is 0 Å². The van der Waals surface area contributed by atoms with Crippen molar-refractivity contribution in [1.29, 1.82) is 0 Å². The van der Waals surface area contributed by atoms with Crippen LogP contribution in [0.15, 0.2) is 0 Å². The van der Waals surface area contributed by atoms with Gasteiger partial charge >= 0.3 is 0 Å². The largest absolute Gasteiger partial charge is 0.381 e. The average molecular weight is 254 g/mol. The molecule has 0 spiro atoms. The van der Waals surface area contributed by atoms with Crippen LogP contribution in [-0.4, -0.2) is 43.3 Å². The molecule has 0 radical (unpaired) electrons. The number of hydrogen-bond acceptors (Lipinski definition) is 3. The van der Waals surface area contributed by atoms with Crippen LogP contribution in [0.25, 0.3) is 0 Å². The minimum Gasteiger partial charge on any atom is -0.381 e. The summed E-state index contributed by atoms with van der Waals surface area (Å²) in [5, 5.41) is 0. The van der Waals surface area contributed by atoms with Crippen LogP contribution in [0, 0.1) is 11.8 Å². The lowest BCUT2D eigenvalue weighted by Gasteiger charge is -2.52. The molecular weight excluding hydrogens is 224 g/mol. The summed E-state index contributed by atoms with van der Waals surface area (Å²) in [6.45, 7) is 9.65. The minimum atomic E-state index is 0.218. The Kier molecular flexibility index (Phi) is 5.05. The number of hydrogen-bond donors (Lipinski definition) is 1. The molecule has 0 aromatic carbocycles. The third kappa shape index (κ3) is 2.73. The monoisotopic (exact) mass is 254 g/mol. The highest BCUT2D eigenvalue weighted by atomic mass is 16.5. The zero-order valence-electron chi connectivity index (χ0n) is 12.2. The van der Waals surface area contributed by atoms with E-state index in [4.69, 9.17) is 10.5 Å². The number of rotatable bonds is 4. The molecule has 2 aliphatic heterocycles. The van der Waals surface area contributed by atoms with Crippen LogP contribution in [0.4, 0.5) is 0 Å². The topological polar surface area (TPSA) is 38.5 Å². The third-order valence-electron chi connectivity index (χ3n) is 5.26. The van der Waals surface area contributed by atoms with Gasteiger partial charge in [-0.25, -0.2) is 0 Å². The van der Waals surface area contributed by atoms with E-state index in [1.165, 1.54) is 38.8 Å². The van der Waals surface area contributed by atoms with Gasteiger partial charge in [-0.05, 0) is 44.2 Å². The Morgan fingerprint density at radius 2 is 2.06 bits per heavy atom. The zero-order valence-corrected chi connectivity index (χ0v) is 12.2. The Morgan fingerprint density at radius 1 is 1.33 bits per heavy atom. The first-order chi connectivity index (χ1) is 8.73. The van der Waals surface area contributed by atoms with Gasteiger partial charge in [0.25, 0.3) is 0 Å². The molecule has 2 heterocycles. The highest BCUT2D eigenvalue weighted by molar-refractivity contribution is 4.99. The highest BCUT2D eigenvalue weighted by Crippen LogP contribution is 2.35. The third-order valence-corrected chi connectivity index (χ3v) is 5.26. The van der Waals surface area contributed by atoms with Crippen molar-refractivity contribution in [2.75, 3.05) is 32.8 Å². The molecule has 3 heteroatoms. The lowest BCUT2D eigenvalue weighted by atomic mass is 9.77. The van der Waals surface area contributed by atoms with Crippen LogP contribution in [-0.2, 0) is 4.74 Å². The van der Waals surface area contributed by atoms with Crippen molar-refractivity contribution < 1.29 is 4.74 Å². The van der Waals surface area contributed by atoms with E-state index in [0.717, 1.165) is 32.1 Å². The van der Waals surface area contributed by atoms with E-state index in [2.05, 4.69) is 18.7 Å². The number of nitrogens with two attached hydrogens (primary N) is 1. The van der Waals surface area contributed by atoms with E-state index < -0.39 is 0 Å². The summed E-state index contributed by atoms with van der Waals surface area (Å²) in [6, 6.07) is 0. The van der Waals surface area contributed by atoms with Gasteiger partial charge in [0, 0.05) is 18.7 Å². The average Bonchev–Trinajstić information content (AvgIpc) is 2.41. The summed E-state index contributed by atoms with van der Waals surface area (Å²) < 4.78 is 5.61. The first kappa shape index (κ1) is 14.3. The Hall–Kier alpha value is -0.120. The molecular formula is C15H30N2O. The number of piperidine rings is 1. The molecule has 0 saturated carbocycles. The van der Waals surface area contributed by atoms with E-state index in [1.807, 2.05) is 0 Å². The molecule has 2 unspecified atom stereocenters. The standard InChI is InChI=1S/C15H30N2O/c1-3-4-14-5-8-17(9-6-14)15(12-16)7-10-18-11-13(15)2/h13-14H,3-12,16H2,1-2H3. The molecule has 2 saturated heterocycles. The summed E-state index contributed by atoms with van der Waals surface area (Å²) in [7, 11) is 0. The van der Waals surface area contributed by atoms with Crippen molar-refractivity contribution in [3.8, 4) is 0 Å². The smallest absolute Gasteiger partial charge is 0.0509 e. The maximum atomic E-state index is 6.16. The van der Waals surface area contributed by atoms with Gasteiger partial charge in [-0.15, -0.1) is 0 Å². The van der Waals surface area contributed by atoms with Gasteiger partial charge < -0.3 is 10.5 Å². The maximum absolute atomic E-state index is 6.16. The van der Waals surface area contributed by atoms with Gasteiger partial charge in [0.05, 0.1) is 6.61 Å². The molecule has 2 rings (SSSR count). The second kappa shape index (κ2) is 6.36. The van der Waals surface area contributed by atoms with Gasteiger partial charge in [-0.2, -0.15) is 0 Å². The number of ether oxygens (including phenoxy) is 1. The Bertz CT molecular complexity index is 251. The molecule has 0 aliphatic carbocycles. The Morgan fingerprint density at radius 3 is 2.61 bits per heavy atom. The van der Waals surface area contributed by atoms with Crippen LogP contribution < -0.4 is 5.73 Å². The maximum Gasteiger partial charge on any atom is 0.0509 e.